The zero-order valence-electron chi connectivity index (χ0n) is 18.5. The van der Waals surface area contributed by atoms with E-state index >= 15 is 0 Å². The zero-order chi connectivity index (χ0) is 24.3. The average Bonchev–Trinajstić information content (AvgIpc) is 2.81. The van der Waals surface area contributed by atoms with E-state index in [2.05, 4.69) is 15.2 Å². The summed E-state index contributed by atoms with van der Waals surface area (Å²) in [7, 11) is 2.00. The van der Waals surface area contributed by atoms with Gasteiger partial charge < -0.3 is 15.2 Å². The third-order valence-electron chi connectivity index (χ3n) is 5.89. The van der Waals surface area contributed by atoms with Crippen LogP contribution in [0.5, 0.6) is 5.75 Å². The van der Waals surface area contributed by atoms with E-state index < -0.39 is 18.8 Å². The second-order valence-corrected chi connectivity index (χ2v) is 8.17. The maximum absolute atomic E-state index is 12.7. The first-order valence-electron chi connectivity index (χ1n) is 10.8. The summed E-state index contributed by atoms with van der Waals surface area (Å²) in [6.45, 7) is -0.0892. The number of nitrogens with zero attached hydrogens (tertiary/aromatic N) is 2. The van der Waals surface area contributed by atoms with Gasteiger partial charge in [0.1, 0.15) is 5.75 Å². The predicted molar refractivity (Wildman–Crippen MR) is 122 cm³/mol. The van der Waals surface area contributed by atoms with E-state index in [0.717, 1.165) is 29.7 Å². The van der Waals surface area contributed by atoms with Crippen molar-refractivity contribution < 1.29 is 27.8 Å². The van der Waals surface area contributed by atoms with E-state index in [1.807, 2.05) is 25.2 Å². The Labute approximate surface area is 195 Å². The van der Waals surface area contributed by atoms with Gasteiger partial charge in [0.15, 0.2) is 6.61 Å². The second kappa shape index (κ2) is 9.72. The van der Waals surface area contributed by atoms with Crippen LogP contribution < -0.4 is 10.1 Å². The number of carboxylic acid groups (broad SMARTS) is 1. The van der Waals surface area contributed by atoms with E-state index in [-0.39, 0.29) is 17.4 Å². The fourth-order valence-electron chi connectivity index (χ4n) is 4.19. The lowest BCUT2D eigenvalue weighted by Gasteiger charge is -2.35. The van der Waals surface area contributed by atoms with E-state index in [4.69, 9.17) is 4.74 Å². The number of aromatic nitrogens is 1. The number of carbonyl (C=O) groups is 1. The molecule has 0 saturated carbocycles. The van der Waals surface area contributed by atoms with E-state index in [0.29, 0.717) is 17.8 Å². The zero-order valence-corrected chi connectivity index (χ0v) is 18.5. The number of nitrogens with one attached hydrogen (secondary N) is 1. The minimum atomic E-state index is -4.41. The molecule has 2 heterocycles. The molecular formula is C25H24F3N3O3. The number of pyridine rings is 1. The third kappa shape index (κ3) is 5.31. The standard InChI is InChI=1S/C25H24F3N3O3/c1-31-11-9-17-12-16(19-4-2-3-5-23(19)34-15-25(26,27)28)6-7-18(17)22(31)14-30-21-13-29-10-8-20(21)24(32)33/h2-8,10,12-13,22,30H,9,11,14-15H2,1H3,(H,32,33)/t22-/m0/s1. The van der Waals surface area contributed by atoms with Gasteiger partial charge in [0.2, 0.25) is 0 Å². The minimum absolute atomic E-state index is 0.0172. The number of anilines is 1. The molecule has 6 nitrogen and oxygen atoms in total. The van der Waals surface area contributed by atoms with Crippen molar-refractivity contribution >= 4 is 11.7 Å². The fourth-order valence-corrected chi connectivity index (χ4v) is 4.19. The fraction of sp³-hybridized carbons (Fsp3) is 0.280. The Bertz CT molecular complexity index is 1180. The predicted octanol–water partition coefficient (Wildman–Crippen LogP) is 5.03. The normalized spacial score (nSPS) is 16.1. The van der Waals surface area contributed by atoms with Crippen molar-refractivity contribution in [3.63, 3.8) is 0 Å². The summed E-state index contributed by atoms with van der Waals surface area (Å²) >= 11 is 0. The smallest absolute Gasteiger partial charge is 0.422 e. The van der Waals surface area contributed by atoms with Crippen molar-refractivity contribution in [2.75, 3.05) is 32.1 Å². The highest BCUT2D eigenvalue weighted by Gasteiger charge is 2.29. The van der Waals surface area contributed by atoms with Gasteiger partial charge in [0.25, 0.3) is 0 Å². The summed E-state index contributed by atoms with van der Waals surface area (Å²) in [5.41, 5.74) is 4.16. The highest BCUT2D eigenvalue weighted by molar-refractivity contribution is 5.93. The number of aromatic carboxylic acids is 1. The molecule has 0 fully saturated rings. The quantitative estimate of drug-likeness (QED) is 0.504. The van der Waals surface area contributed by atoms with Gasteiger partial charge in [0, 0.05) is 24.8 Å². The number of likely N-dealkylation sites (N-methyl/N-ethyl adjacent to an activating group) is 1. The van der Waals surface area contributed by atoms with E-state index in [1.165, 1.54) is 24.5 Å². The van der Waals surface area contributed by atoms with Crippen LogP contribution in [0, 0.1) is 0 Å². The number of rotatable bonds is 7. The summed E-state index contributed by atoms with van der Waals surface area (Å²) in [4.78, 5) is 17.7. The van der Waals surface area contributed by atoms with Crippen LogP contribution in [-0.2, 0) is 6.42 Å². The van der Waals surface area contributed by atoms with Gasteiger partial charge in [-0.1, -0.05) is 36.4 Å². The van der Waals surface area contributed by atoms with Gasteiger partial charge in [0.05, 0.1) is 23.5 Å². The molecule has 2 N–H and O–H groups in total. The van der Waals surface area contributed by atoms with E-state index in [9.17, 15) is 23.1 Å². The Hall–Kier alpha value is -3.59. The van der Waals surface area contributed by atoms with Crippen LogP contribution in [0.1, 0.15) is 27.5 Å². The van der Waals surface area contributed by atoms with Crippen LogP contribution in [-0.4, -0.2) is 53.9 Å². The number of benzene rings is 2. The number of carboxylic acids is 1. The largest absolute Gasteiger partial charge is 0.483 e. The minimum Gasteiger partial charge on any atom is -0.483 e. The van der Waals surface area contributed by atoms with Crippen molar-refractivity contribution in [1.82, 2.24) is 9.88 Å². The van der Waals surface area contributed by atoms with E-state index in [1.54, 1.807) is 18.2 Å². The molecule has 0 radical (unpaired) electrons. The Kier molecular flexibility index (Phi) is 6.74. The van der Waals surface area contributed by atoms with Crippen LogP contribution in [0.3, 0.4) is 0 Å². The number of ether oxygens (including phenoxy) is 1. The number of hydrogen-bond donors (Lipinski definition) is 2. The van der Waals surface area contributed by atoms with Gasteiger partial charge in [-0.3, -0.25) is 9.88 Å². The highest BCUT2D eigenvalue weighted by atomic mass is 19.4. The highest BCUT2D eigenvalue weighted by Crippen LogP contribution is 2.36. The van der Waals surface area contributed by atoms with Crippen LogP contribution in [0.4, 0.5) is 18.9 Å². The van der Waals surface area contributed by atoms with Gasteiger partial charge in [-0.05, 0) is 42.3 Å². The first kappa shape index (κ1) is 23.6. The number of para-hydroxylation sites is 1. The molecule has 0 aliphatic carbocycles. The van der Waals surface area contributed by atoms with Crippen LogP contribution in [0.15, 0.2) is 60.9 Å². The van der Waals surface area contributed by atoms with Gasteiger partial charge in [-0.25, -0.2) is 4.79 Å². The Balaban J connectivity index is 1.58. The molecule has 0 amide bonds. The molecule has 1 aliphatic heterocycles. The molecule has 0 bridgehead atoms. The molecular weight excluding hydrogens is 447 g/mol. The molecule has 4 rings (SSSR count). The molecule has 9 heteroatoms. The topological polar surface area (TPSA) is 74.7 Å². The SMILES string of the molecule is CN1CCc2cc(-c3ccccc3OCC(F)(F)F)ccc2[C@@H]1CNc1cnccc1C(=O)O. The number of alkyl halides is 3. The summed E-state index contributed by atoms with van der Waals surface area (Å²) in [5.74, 6) is -0.845. The summed E-state index contributed by atoms with van der Waals surface area (Å²) in [6, 6.07) is 14.0. The molecule has 34 heavy (non-hydrogen) atoms. The Morgan fingerprint density at radius 2 is 2.03 bits per heavy atom. The van der Waals surface area contributed by atoms with Gasteiger partial charge >= 0.3 is 12.1 Å². The number of halogens is 3. The number of hydrogen-bond acceptors (Lipinski definition) is 5. The van der Waals surface area contributed by atoms with Crippen molar-refractivity contribution in [3.05, 3.63) is 77.6 Å². The average molecular weight is 471 g/mol. The number of fused-ring (bicyclic) bond motifs is 1. The third-order valence-corrected chi connectivity index (χ3v) is 5.89. The van der Waals surface area contributed by atoms with Crippen molar-refractivity contribution in [2.45, 2.75) is 18.6 Å². The van der Waals surface area contributed by atoms with Gasteiger partial charge in [-0.15, -0.1) is 0 Å². The molecule has 178 valence electrons. The van der Waals surface area contributed by atoms with Crippen LogP contribution in [0.25, 0.3) is 11.1 Å². The Morgan fingerprint density at radius 3 is 2.79 bits per heavy atom. The van der Waals surface area contributed by atoms with Crippen molar-refractivity contribution in [3.8, 4) is 16.9 Å². The lowest BCUT2D eigenvalue weighted by molar-refractivity contribution is -0.153. The Morgan fingerprint density at radius 1 is 1.24 bits per heavy atom. The molecule has 0 saturated heterocycles. The molecule has 0 unspecified atom stereocenters. The summed E-state index contributed by atoms with van der Waals surface area (Å²) in [6.07, 6.45) is -0.694. The van der Waals surface area contributed by atoms with Crippen molar-refractivity contribution in [1.29, 1.82) is 0 Å². The van der Waals surface area contributed by atoms with Crippen LogP contribution in [0.2, 0.25) is 0 Å². The first-order valence-corrected chi connectivity index (χ1v) is 10.8. The molecule has 0 spiro atoms. The monoisotopic (exact) mass is 471 g/mol. The lowest BCUT2D eigenvalue weighted by atomic mass is 9.89. The molecule has 2 aromatic carbocycles. The molecule has 1 aromatic heterocycles. The maximum Gasteiger partial charge on any atom is 0.422 e. The molecule has 1 atom stereocenters. The first-order chi connectivity index (χ1) is 16.2. The summed E-state index contributed by atoms with van der Waals surface area (Å²) < 4.78 is 43.1. The van der Waals surface area contributed by atoms with Crippen LogP contribution >= 0.6 is 0 Å². The summed E-state index contributed by atoms with van der Waals surface area (Å²) in [5, 5.41) is 12.6. The molecule has 1 aliphatic rings. The lowest BCUT2D eigenvalue weighted by Crippen LogP contribution is -2.36. The van der Waals surface area contributed by atoms with Gasteiger partial charge in [-0.2, -0.15) is 13.2 Å². The molecule has 3 aromatic rings. The van der Waals surface area contributed by atoms with Crippen molar-refractivity contribution in [2.24, 2.45) is 0 Å². The second-order valence-electron chi connectivity index (χ2n) is 8.17. The maximum atomic E-state index is 12.7.